The van der Waals surface area contributed by atoms with Crippen LogP contribution in [0.3, 0.4) is 0 Å². The van der Waals surface area contributed by atoms with Crippen molar-refractivity contribution in [2.45, 2.75) is 124 Å². The molecule has 0 radical (unpaired) electrons. The molecule has 162 valence electrons. The van der Waals surface area contributed by atoms with E-state index in [0.717, 1.165) is 32.1 Å². The van der Waals surface area contributed by atoms with Crippen molar-refractivity contribution >= 4 is 6.09 Å². The van der Waals surface area contributed by atoms with Gasteiger partial charge in [-0.2, -0.15) is 0 Å². The van der Waals surface area contributed by atoms with E-state index in [0.29, 0.717) is 5.92 Å². The van der Waals surface area contributed by atoms with Gasteiger partial charge in [0.1, 0.15) is 6.10 Å². The average molecular weight is 386 g/mol. The highest BCUT2D eigenvalue weighted by atomic mass is 16.6. The summed E-state index contributed by atoms with van der Waals surface area (Å²) in [6, 6.07) is 0. The number of ether oxygens (including phenoxy) is 1. The second-order valence-corrected chi connectivity index (χ2v) is 8.70. The molecule has 27 heavy (non-hydrogen) atoms. The summed E-state index contributed by atoms with van der Waals surface area (Å²) < 4.78 is 5.33. The normalized spacial score (nSPS) is 17.1. The topological polar surface area (TPSA) is 72.6 Å². The van der Waals surface area contributed by atoms with Gasteiger partial charge in [0.25, 0.3) is 0 Å². The van der Waals surface area contributed by atoms with Gasteiger partial charge >= 0.3 is 6.09 Å². The van der Waals surface area contributed by atoms with Crippen molar-refractivity contribution in [3.63, 3.8) is 0 Å². The molecule has 0 aliphatic carbocycles. The molecule has 4 nitrogen and oxygen atoms in total. The fourth-order valence-electron chi connectivity index (χ4n) is 4.08. The van der Waals surface area contributed by atoms with E-state index in [1.165, 1.54) is 44.9 Å². The van der Waals surface area contributed by atoms with Gasteiger partial charge in [0.15, 0.2) is 0 Å². The Labute approximate surface area is 168 Å². The van der Waals surface area contributed by atoms with Crippen molar-refractivity contribution in [1.29, 1.82) is 0 Å². The number of hydrogen-bond acceptors (Lipinski definition) is 3. The zero-order chi connectivity index (χ0) is 20.7. The number of primary amides is 1. The smallest absolute Gasteiger partial charge is 0.404 e. The van der Waals surface area contributed by atoms with Crippen molar-refractivity contribution in [3.05, 3.63) is 0 Å². The molecule has 0 aromatic rings. The van der Waals surface area contributed by atoms with E-state index in [2.05, 4.69) is 27.7 Å². The lowest BCUT2D eigenvalue weighted by molar-refractivity contribution is -0.0212. The number of hydrogen-bond donors (Lipinski definition) is 2. The van der Waals surface area contributed by atoms with Gasteiger partial charge in [-0.3, -0.25) is 0 Å². The Morgan fingerprint density at radius 3 is 2.00 bits per heavy atom. The van der Waals surface area contributed by atoms with Crippen molar-refractivity contribution < 1.29 is 14.6 Å². The summed E-state index contributed by atoms with van der Waals surface area (Å²) in [5.74, 6) is 0.717. The van der Waals surface area contributed by atoms with Gasteiger partial charge in [-0.05, 0) is 31.1 Å². The Kier molecular flexibility index (Phi) is 15.7. The van der Waals surface area contributed by atoms with Crippen LogP contribution in [0.15, 0.2) is 0 Å². The molecular formula is C23H47NO3. The monoisotopic (exact) mass is 385 g/mol. The third-order valence-electron chi connectivity index (χ3n) is 5.89. The number of aliphatic hydroxyl groups is 1. The molecule has 0 saturated carbocycles. The number of nitrogens with two attached hydrogens (primary N) is 1. The third-order valence-corrected chi connectivity index (χ3v) is 5.89. The Morgan fingerprint density at radius 1 is 0.889 bits per heavy atom. The van der Waals surface area contributed by atoms with E-state index >= 15 is 0 Å². The first kappa shape index (κ1) is 26.2. The molecule has 0 aliphatic rings. The maximum atomic E-state index is 11.2. The van der Waals surface area contributed by atoms with Crippen LogP contribution in [0.2, 0.25) is 0 Å². The van der Waals surface area contributed by atoms with E-state index in [1.807, 2.05) is 6.92 Å². The minimum Gasteiger partial charge on any atom is -0.446 e. The van der Waals surface area contributed by atoms with Gasteiger partial charge in [0.05, 0.1) is 6.10 Å². The van der Waals surface area contributed by atoms with Crippen LogP contribution >= 0.6 is 0 Å². The second kappa shape index (κ2) is 16.2. The lowest BCUT2D eigenvalue weighted by Gasteiger charge is -2.32. The summed E-state index contributed by atoms with van der Waals surface area (Å²) >= 11 is 0. The van der Waals surface area contributed by atoms with E-state index in [4.69, 9.17) is 10.5 Å². The largest absolute Gasteiger partial charge is 0.446 e. The molecule has 5 unspecified atom stereocenters. The van der Waals surface area contributed by atoms with Crippen LogP contribution in [0.5, 0.6) is 0 Å². The van der Waals surface area contributed by atoms with Crippen molar-refractivity contribution in [3.8, 4) is 0 Å². The van der Waals surface area contributed by atoms with E-state index in [1.54, 1.807) is 0 Å². The number of rotatable bonds is 17. The summed E-state index contributed by atoms with van der Waals surface area (Å²) in [4.78, 5) is 11.2. The van der Waals surface area contributed by atoms with E-state index in [-0.39, 0.29) is 17.9 Å². The Morgan fingerprint density at radius 2 is 1.41 bits per heavy atom. The first-order chi connectivity index (χ1) is 12.8. The molecule has 0 spiro atoms. The maximum absolute atomic E-state index is 11.2. The third kappa shape index (κ3) is 13.1. The van der Waals surface area contributed by atoms with Crippen LogP contribution in [0.1, 0.15) is 112 Å². The van der Waals surface area contributed by atoms with Gasteiger partial charge in [-0.1, -0.05) is 92.4 Å². The van der Waals surface area contributed by atoms with Crippen LogP contribution in [0.4, 0.5) is 4.79 Å². The number of carbonyl (C=O) groups excluding carboxylic acids is 1. The fourth-order valence-corrected chi connectivity index (χ4v) is 4.08. The molecule has 4 heteroatoms. The van der Waals surface area contributed by atoms with Gasteiger partial charge in [0.2, 0.25) is 0 Å². The van der Waals surface area contributed by atoms with Crippen LogP contribution in [-0.4, -0.2) is 23.4 Å². The van der Waals surface area contributed by atoms with Crippen LogP contribution < -0.4 is 5.73 Å². The summed E-state index contributed by atoms with van der Waals surface area (Å²) in [7, 11) is 0. The molecule has 0 rings (SSSR count). The molecule has 0 aromatic carbocycles. The molecule has 0 aromatic heterocycles. The summed E-state index contributed by atoms with van der Waals surface area (Å²) in [5.41, 5.74) is 5.25. The fraction of sp³-hybridized carbons (Fsp3) is 0.957. The molecule has 0 heterocycles. The molecule has 3 N–H and O–H groups in total. The number of amides is 1. The quantitative estimate of drug-likeness (QED) is 0.283. The summed E-state index contributed by atoms with van der Waals surface area (Å²) in [6.07, 6.45) is 12.7. The van der Waals surface area contributed by atoms with Crippen molar-refractivity contribution in [2.24, 2.45) is 23.5 Å². The van der Waals surface area contributed by atoms with Crippen LogP contribution in [0, 0.1) is 17.8 Å². The standard InChI is InChI=1S/C23H47NO3/c1-6-8-10-11-12-14-15-18(3)17-19(4)22(25)20(5)21(27-23(24)26)16-13-9-7-2/h18-22,25H,6-17H2,1-5H3,(H2,24,26). The first-order valence-electron chi connectivity index (χ1n) is 11.5. The van der Waals surface area contributed by atoms with E-state index < -0.39 is 12.2 Å². The number of unbranched alkanes of at least 4 members (excludes halogenated alkanes) is 7. The highest BCUT2D eigenvalue weighted by Crippen LogP contribution is 2.28. The van der Waals surface area contributed by atoms with Gasteiger partial charge in [0, 0.05) is 5.92 Å². The first-order valence-corrected chi connectivity index (χ1v) is 11.5. The zero-order valence-electron chi connectivity index (χ0n) is 18.7. The molecule has 0 saturated heterocycles. The molecule has 0 fully saturated rings. The molecule has 0 bridgehead atoms. The SMILES string of the molecule is CCCCCCCCC(C)CC(C)C(O)C(C)C(CCCCC)OC(N)=O. The summed E-state index contributed by atoms with van der Waals surface area (Å²) in [6.45, 7) is 10.8. The molecular weight excluding hydrogens is 338 g/mol. The Hall–Kier alpha value is -0.770. The molecule has 1 amide bonds. The Bertz CT molecular complexity index is 362. The lowest BCUT2D eigenvalue weighted by atomic mass is 9.82. The van der Waals surface area contributed by atoms with Gasteiger partial charge < -0.3 is 15.6 Å². The maximum Gasteiger partial charge on any atom is 0.404 e. The molecule has 5 atom stereocenters. The van der Waals surface area contributed by atoms with Gasteiger partial charge in [-0.15, -0.1) is 0 Å². The predicted molar refractivity (Wildman–Crippen MR) is 115 cm³/mol. The minimum absolute atomic E-state index is 0.0920. The highest BCUT2D eigenvalue weighted by molar-refractivity contribution is 5.64. The van der Waals surface area contributed by atoms with Crippen LogP contribution in [0.25, 0.3) is 0 Å². The van der Waals surface area contributed by atoms with Crippen molar-refractivity contribution in [2.75, 3.05) is 0 Å². The molecule has 0 aliphatic heterocycles. The average Bonchev–Trinajstić information content (AvgIpc) is 2.62. The lowest BCUT2D eigenvalue weighted by Crippen LogP contribution is -2.38. The van der Waals surface area contributed by atoms with Crippen molar-refractivity contribution in [1.82, 2.24) is 0 Å². The zero-order valence-corrected chi connectivity index (χ0v) is 18.7. The second-order valence-electron chi connectivity index (χ2n) is 8.70. The Balaban J connectivity index is 4.34. The van der Waals surface area contributed by atoms with Crippen LogP contribution in [-0.2, 0) is 4.74 Å². The summed E-state index contributed by atoms with van der Waals surface area (Å²) in [5, 5.41) is 10.8. The highest BCUT2D eigenvalue weighted by Gasteiger charge is 2.30. The van der Waals surface area contributed by atoms with E-state index in [9.17, 15) is 9.90 Å². The predicted octanol–water partition coefficient (Wildman–Crippen LogP) is 6.44. The van der Waals surface area contributed by atoms with Gasteiger partial charge in [-0.25, -0.2) is 4.79 Å². The number of aliphatic hydroxyl groups excluding tert-OH is 1. The number of carbonyl (C=O) groups is 1. The minimum atomic E-state index is -0.736.